The van der Waals surface area contributed by atoms with Crippen molar-refractivity contribution in [2.75, 3.05) is 11.9 Å². The lowest BCUT2D eigenvalue weighted by molar-refractivity contribution is -0.127. The molecule has 0 spiro atoms. The van der Waals surface area contributed by atoms with Gasteiger partial charge >= 0.3 is 0 Å². The van der Waals surface area contributed by atoms with Crippen molar-refractivity contribution in [1.29, 1.82) is 0 Å². The van der Waals surface area contributed by atoms with E-state index in [1.807, 2.05) is 12.1 Å². The number of pyridine rings is 1. The summed E-state index contributed by atoms with van der Waals surface area (Å²) in [5, 5.41) is 0. The molecule has 1 aromatic rings. The van der Waals surface area contributed by atoms with Crippen molar-refractivity contribution in [1.82, 2.24) is 4.98 Å². The lowest BCUT2D eigenvalue weighted by atomic mass is 9.67. The van der Waals surface area contributed by atoms with Gasteiger partial charge in [-0.2, -0.15) is 0 Å². The number of hydrogen-bond acceptors (Lipinski definition) is 3. The maximum Gasteiger partial charge on any atom is 0.240 e. The Morgan fingerprint density at radius 3 is 2.65 bits per heavy atom. The van der Waals surface area contributed by atoms with Crippen LogP contribution >= 0.6 is 12.2 Å². The molecule has 0 saturated heterocycles. The summed E-state index contributed by atoms with van der Waals surface area (Å²) in [5.74, 6) is 0.579. The highest BCUT2D eigenvalue weighted by Crippen LogP contribution is 2.43. The molecular formula is C12H15N3OS. The van der Waals surface area contributed by atoms with Crippen LogP contribution in [-0.4, -0.2) is 22.9 Å². The summed E-state index contributed by atoms with van der Waals surface area (Å²) in [5.41, 5.74) is 5.08. The third-order valence-corrected chi connectivity index (χ3v) is 3.78. The predicted molar refractivity (Wildman–Crippen MR) is 70.7 cm³/mol. The number of carbonyl (C=O) groups is 1. The summed E-state index contributed by atoms with van der Waals surface area (Å²) < 4.78 is 0. The van der Waals surface area contributed by atoms with E-state index in [-0.39, 0.29) is 5.91 Å². The second kappa shape index (κ2) is 4.41. The number of anilines is 1. The lowest BCUT2D eigenvalue weighted by Crippen LogP contribution is -2.53. The van der Waals surface area contributed by atoms with Gasteiger partial charge in [0.25, 0.3) is 0 Å². The Morgan fingerprint density at radius 2 is 2.24 bits per heavy atom. The Balaban J connectivity index is 2.23. The highest BCUT2D eigenvalue weighted by Gasteiger charge is 2.48. The molecule has 1 fully saturated rings. The minimum absolute atomic E-state index is 0.0463. The van der Waals surface area contributed by atoms with Crippen LogP contribution in [0, 0.1) is 5.41 Å². The molecule has 2 rings (SSSR count). The fraction of sp³-hybridized carbons (Fsp3) is 0.417. The first-order chi connectivity index (χ1) is 8.08. The molecule has 5 heteroatoms. The topological polar surface area (TPSA) is 59.2 Å². The monoisotopic (exact) mass is 249 g/mol. The van der Waals surface area contributed by atoms with Gasteiger partial charge in [-0.1, -0.05) is 24.7 Å². The summed E-state index contributed by atoms with van der Waals surface area (Å²) in [7, 11) is 1.71. The first-order valence-electron chi connectivity index (χ1n) is 5.57. The first-order valence-corrected chi connectivity index (χ1v) is 5.98. The number of thiocarbonyl (C=S) groups is 1. The van der Waals surface area contributed by atoms with Crippen LogP contribution in [-0.2, 0) is 4.79 Å². The van der Waals surface area contributed by atoms with Crippen molar-refractivity contribution in [2.24, 2.45) is 11.1 Å². The first kappa shape index (κ1) is 12.0. The lowest BCUT2D eigenvalue weighted by Gasteiger charge is -2.41. The number of amides is 1. The summed E-state index contributed by atoms with van der Waals surface area (Å²) in [4.78, 5) is 18.4. The molecule has 0 unspecified atom stereocenters. The van der Waals surface area contributed by atoms with Gasteiger partial charge in [0.1, 0.15) is 5.82 Å². The van der Waals surface area contributed by atoms with E-state index < -0.39 is 5.41 Å². The smallest absolute Gasteiger partial charge is 0.240 e. The van der Waals surface area contributed by atoms with Crippen molar-refractivity contribution in [3.63, 3.8) is 0 Å². The van der Waals surface area contributed by atoms with E-state index in [0.29, 0.717) is 10.8 Å². The van der Waals surface area contributed by atoms with E-state index in [1.54, 1.807) is 24.2 Å². The quantitative estimate of drug-likeness (QED) is 0.825. The van der Waals surface area contributed by atoms with Crippen molar-refractivity contribution >= 4 is 28.9 Å². The molecule has 1 aromatic heterocycles. The molecule has 0 radical (unpaired) electrons. The average Bonchev–Trinajstić information content (AvgIpc) is 2.27. The predicted octanol–water partition coefficient (Wildman–Crippen LogP) is 1.50. The number of hydrogen-bond donors (Lipinski definition) is 1. The van der Waals surface area contributed by atoms with Gasteiger partial charge in [-0.15, -0.1) is 0 Å². The van der Waals surface area contributed by atoms with Crippen molar-refractivity contribution in [3.05, 3.63) is 24.4 Å². The maximum absolute atomic E-state index is 12.4. The number of aromatic nitrogens is 1. The van der Waals surface area contributed by atoms with Gasteiger partial charge in [-0.25, -0.2) is 4.98 Å². The number of carbonyl (C=O) groups excluding carboxylic acids is 1. The van der Waals surface area contributed by atoms with E-state index in [1.165, 1.54) is 0 Å². The Labute approximate surface area is 106 Å². The molecule has 1 aliphatic carbocycles. The van der Waals surface area contributed by atoms with E-state index in [0.717, 1.165) is 19.3 Å². The zero-order valence-corrected chi connectivity index (χ0v) is 10.5. The third kappa shape index (κ3) is 1.91. The van der Waals surface area contributed by atoms with Crippen molar-refractivity contribution < 1.29 is 4.79 Å². The number of nitrogens with zero attached hydrogens (tertiary/aromatic N) is 2. The minimum atomic E-state index is -0.637. The molecule has 0 aliphatic heterocycles. The van der Waals surface area contributed by atoms with Crippen LogP contribution in [0.3, 0.4) is 0 Å². The second-order valence-electron chi connectivity index (χ2n) is 4.35. The van der Waals surface area contributed by atoms with Crippen LogP contribution in [0.25, 0.3) is 0 Å². The Hall–Kier alpha value is -1.49. The normalized spacial score (nSPS) is 17.0. The maximum atomic E-state index is 12.4. The Morgan fingerprint density at radius 1 is 1.53 bits per heavy atom. The summed E-state index contributed by atoms with van der Waals surface area (Å²) >= 11 is 5.04. The summed E-state index contributed by atoms with van der Waals surface area (Å²) in [6.07, 6.45) is 4.16. The van der Waals surface area contributed by atoms with Gasteiger partial charge in [0.15, 0.2) is 0 Å². The number of rotatable bonds is 3. The number of nitrogens with two attached hydrogens (primary N) is 1. The molecule has 1 amide bonds. The van der Waals surface area contributed by atoms with Gasteiger partial charge in [-0.3, -0.25) is 9.69 Å². The molecular weight excluding hydrogens is 234 g/mol. The fourth-order valence-corrected chi connectivity index (χ4v) is 2.36. The van der Waals surface area contributed by atoms with Gasteiger partial charge in [-0.05, 0) is 25.0 Å². The van der Waals surface area contributed by atoms with E-state index >= 15 is 0 Å². The van der Waals surface area contributed by atoms with Crippen molar-refractivity contribution in [3.8, 4) is 0 Å². The second-order valence-corrected chi connectivity index (χ2v) is 4.79. The molecule has 1 saturated carbocycles. The molecule has 0 bridgehead atoms. The Kier molecular flexibility index (Phi) is 3.11. The minimum Gasteiger partial charge on any atom is -0.392 e. The van der Waals surface area contributed by atoms with Crippen LogP contribution in [0.4, 0.5) is 5.82 Å². The molecule has 0 atom stereocenters. The third-order valence-electron chi connectivity index (χ3n) is 3.39. The van der Waals surface area contributed by atoms with Gasteiger partial charge < -0.3 is 5.73 Å². The van der Waals surface area contributed by atoms with Crippen LogP contribution in [0.2, 0.25) is 0 Å². The summed E-state index contributed by atoms with van der Waals surface area (Å²) in [6.45, 7) is 0. The fourth-order valence-electron chi connectivity index (χ4n) is 2.07. The molecule has 1 heterocycles. The molecule has 90 valence electrons. The highest BCUT2D eigenvalue weighted by atomic mass is 32.1. The van der Waals surface area contributed by atoms with Crippen LogP contribution in [0.1, 0.15) is 19.3 Å². The van der Waals surface area contributed by atoms with Gasteiger partial charge in [0.2, 0.25) is 5.91 Å². The Bertz CT molecular complexity index is 442. The zero-order chi connectivity index (χ0) is 12.5. The molecule has 4 nitrogen and oxygen atoms in total. The highest BCUT2D eigenvalue weighted by molar-refractivity contribution is 7.80. The van der Waals surface area contributed by atoms with Crippen LogP contribution in [0.5, 0.6) is 0 Å². The SMILES string of the molecule is CN(C(=O)C1(C(N)=S)CCC1)c1ccccn1. The van der Waals surface area contributed by atoms with Crippen LogP contribution < -0.4 is 10.6 Å². The largest absolute Gasteiger partial charge is 0.392 e. The average molecular weight is 249 g/mol. The van der Waals surface area contributed by atoms with Gasteiger partial charge in [0, 0.05) is 13.2 Å². The van der Waals surface area contributed by atoms with Gasteiger partial charge in [0.05, 0.1) is 10.4 Å². The zero-order valence-electron chi connectivity index (χ0n) is 9.72. The van der Waals surface area contributed by atoms with E-state index in [9.17, 15) is 4.79 Å². The van der Waals surface area contributed by atoms with E-state index in [4.69, 9.17) is 18.0 Å². The summed E-state index contributed by atoms with van der Waals surface area (Å²) in [6, 6.07) is 5.46. The molecule has 0 aromatic carbocycles. The van der Waals surface area contributed by atoms with E-state index in [2.05, 4.69) is 4.98 Å². The van der Waals surface area contributed by atoms with Crippen molar-refractivity contribution in [2.45, 2.75) is 19.3 Å². The molecule has 2 N–H and O–H groups in total. The standard InChI is InChI=1S/C12H15N3OS/c1-15(9-5-2-3-8-14-9)11(16)12(10(13)17)6-4-7-12/h2-3,5,8H,4,6-7H2,1H3,(H2,13,17). The molecule has 1 aliphatic rings. The van der Waals surface area contributed by atoms with Crippen LogP contribution in [0.15, 0.2) is 24.4 Å². The molecule has 17 heavy (non-hydrogen) atoms.